The molecular formula is C26H29N5O3Si. The second kappa shape index (κ2) is 9.71. The fourth-order valence-corrected chi connectivity index (χ4v) is 5.07. The van der Waals surface area contributed by atoms with Crippen LogP contribution in [-0.4, -0.2) is 54.1 Å². The number of aromatic nitrogens is 3. The number of hydrogen-bond acceptors (Lipinski definition) is 5. The van der Waals surface area contributed by atoms with Gasteiger partial charge in [-0.2, -0.15) is 5.10 Å². The van der Waals surface area contributed by atoms with Crippen LogP contribution >= 0.6 is 0 Å². The molecule has 0 aliphatic carbocycles. The van der Waals surface area contributed by atoms with Crippen LogP contribution in [0.25, 0.3) is 11.0 Å². The number of aromatic amines is 1. The van der Waals surface area contributed by atoms with Gasteiger partial charge in [0.05, 0.1) is 20.6 Å². The van der Waals surface area contributed by atoms with Gasteiger partial charge in [0.2, 0.25) is 0 Å². The molecule has 4 rings (SSSR count). The minimum Gasteiger partial charge on any atom is -0.497 e. The first-order chi connectivity index (χ1) is 16.7. The number of fused-ring (bicyclic) bond motifs is 1. The fourth-order valence-electron chi connectivity index (χ4n) is 3.90. The maximum absolute atomic E-state index is 13.6. The molecule has 2 aromatic carbocycles. The maximum Gasteiger partial charge on any atom is 0.275 e. The molecule has 0 fully saturated rings. The number of hydrogen-bond donors (Lipinski definition) is 2. The van der Waals surface area contributed by atoms with Crippen LogP contribution in [0.4, 0.5) is 5.69 Å². The molecule has 0 spiro atoms. The zero-order valence-corrected chi connectivity index (χ0v) is 21.5. The van der Waals surface area contributed by atoms with Crippen molar-refractivity contribution in [1.82, 2.24) is 20.1 Å². The number of carbonyl (C=O) groups is 2. The average Bonchev–Trinajstić information content (AvgIpc) is 3.28. The second-order valence-corrected chi connectivity index (χ2v) is 14.5. The van der Waals surface area contributed by atoms with E-state index < -0.39 is 20.0 Å². The zero-order valence-electron chi connectivity index (χ0n) is 20.5. The summed E-state index contributed by atoms with van der Waals surface area (Å²) in [4.78, 5) is 32.6. The summed E-state index contributed by atoms with van der Waals surface area (Å²) in [5.74, 6) is -0.0628. The molecule has 1 atom stereocenters. The number of rotatable bonds is 7. The van der Waals surface area contributed by atoms with Crippen molar-refractivity contribution in [2.45, 2.75) is 25.7 Å². The number of nitrogens with zero attached hydrogens (tertiary/aromatic N) is 3. The Bertz CT molecular complexity index is 1340. The Morgan fingerprint density at radius 3 is 2.34 bits per heavy atom. The Balaban J connectivity index is 1.66. The molecule has 0 saturated carbocycles. The highest BCUT2D eigenvalue weighted by Gasteiger charge is 2.31. The van der Waals surface area contributed by atoms with Gasteiger partial charge in [0.1, 0.15) is 11.8 Å². The molecule has 0 bridgehead atoms. The Morgan fingerprint density at radius 2 is 1.71 bits per heavy atom. The number of anilines is 1. The van der Waals surface area contributed by atoms with Gasteiger partial charge in [0.15, 0.2) is 11.3 Å². The van der Waals surface area contributed by atoms with Gasteiger partial charge < -0.3 is 15.0 Å². The number of amides is 2. The van der Waals surface area contributed by atoms with E-state index in [4.69, 9.17) is 4.74 Å². The van der Waals surface area contributed by atoms with Crippen molar-refractivity contribution < 1.29 is 14.3 Å². The number of H-pyrrole nitrogens is 1. The molecule has 0 saturated heterocycles. The number of pyridine rings is 1. The third-order valence-electron chi connectivity index (χ3n) is 5.95. The molecule has 180 valence electrons. The first-order valence-electron chi connectivity index (χ1n) is 11.3. The van der Waals surface area contributed by atoms with E-state index in [1.54, 1.807) is 56.8 Å². The minimum absolute atomic E-state index is 0.210. The monoisotopic (exact) mass is 487 g/mol. The van der Waals surface area contributed by atoms with Crippen LogP contribution in [0.1, 0.15) is 22.1 Å². The fraction of sp³-hybridized carbons (Fsp3) is 0.231. The van der Waals surface area contributed by atoms with Crippen LogP contribution in [0.15, 0.2) is 66.9 Å². The molecule has 2 amide bonds. The molecule has 9 heteroatoms. The summed E-state index contributed by atoms with van der Waals surface area (Å²) >= 11 is 0. The first kappa shape index (κ1) is 24.2. The van der Waals surface area contributed by atoms with Crippen molar-refractivity contribution in [3.8, 4) is 5.75 Å². The van der Waals surface area contributed by atoms with Crippen LogP contribution in [0, 0.1) is 0 Å². The lowest BCUT2D eigenvalue weighted by Crippen LogP contribution is -2.39. The maximum atomic E-state index is 13.6. The molecule has 35 heavy (non-hydrogen) atoms. The molecule has 0 aliphatic heterocycles. The lowest BCUT2D eigenvalue weighted by atomic mass is 10.0. The summed E-state index contributed by atoms with van der Waals surface area (Å²) in [7, 11) is 1.72. The largest absolute Gasteiger partial charge is 0.497 e. The van der Waals surface area contributed by atoms with Crippen LogP contribution in [0.3, 0.4) is 0 Å². The number of nitrogens with one attached hydrogen (secondary N) is 2. The number of ether oxygens (including phenoxy) is 1. The van der Waals surface area contributed by atoms with E-state index in [0.717, 1.165) is 0 Å². The molecule has 2 heterocycles. The van der Waals surface area contributed by atoms with E-state index in [1.165, 1.54) is 10.1 Å². The van der Waals surface area contributed by atoms with Crippen molar-refractivity contribution in [3.63, 3.8) is 0 Å². The molecular weight excluding hydrogens is 458 g/mol. The average molecular weight is 488 g/mol. The minimum atomic E-state index is -1.46. The Hall–Kier alpha value is -3.98. The molecule has 8 nitrogen and oxygen atoms in total. The summed E-state index contributed by atoms with van der Waals surface area (Å²) in [5.41, 5.74) is 2.04. The Kier molecular flexibility index (Phi) is 6.70. The highest BCUT2D eigenvalue weighted by Crippen LogP contribution is 2.26. The van der Waals surface area contributed by atoms with Crippen LogP contribution < -0.4 is 15.2 Å². The smallest absolute Gasteiger partial charge is 0.275 e. The van der Waals surface area contributed by atoms with Crippen molar-refractivity contribution in [1.29, 1.82) is 0 Å². The molecule has 0 aliphatic rings. The Morgan fingerprint density at radius 1 is 1.03 bits per heavy atom. The highest BCUT2D eigenvalue weighted by molar-refractivity contribution is 6.88. The third-order valence-corrected chi connectivity index (χ3v) is 8.01. The van der Waals surface area contributed by atoms with Crippen LogP contribution in [0.5, 0.6) is 5.75 Å². The summed E-state index contributed by atoms with van der Waals surface area (Å²) in [6.07, 6.45) is 1.62. The third kappa shape index (κ3) is 5.09. The van der Waals surface area contributed by atoms with Crippen LogP contribution in [0.2, 0.25) is 19.6 Å². The van der Waals surface area contributed by atoms with E-state index >= 15 is 0 Å². The number of benzene rings is 2. The van der Waals surface area contributed by atoms with Crippen molar-refractivity contribution in [2.75, 3.05) is 19.5 Å². The standard InChI is InChI=1S/C26H29N5O3Si/c1-31(26(33)22-21-7-6-16-27-24(21)30-29-22)23(17-8-12-19(34-2)13-9-17)25(32)28-18-10-14-20(15-11-18)35(3,4)5/h6-16,23H,1-5H3,(H,28,32)(H,27,29,30). The van der Waals surface area contributed by atoms with Gasteiger partial charge in [-0.05, 0) is 42.0 Å². The van der Waals surface area contributed by atoms with Gasteiger partial charge in [-0.15, -0.1) is 0 Å². The van der Waals surface area contributed by atoms with Crippen LogP contribution in [-0.2, 0) is 4.79 Å². The second-order valence-electron chi connectivity index (χ2n) is 9.38. The zero-order chi connectivity index (χ0) is 25.2. The molecule has 1 unspecified atom stereocenters. The van der Waals surface area contributed by atoms with Gasteiger partial charge in [-0.1, -0.05) is 49.1 Å². The predicted octanol–water partition coefficient (Wildman–Crippen LogP) is 3.96. The van der Waals surface area contributed by atoms with Gasteiger partial charge >= 0.3 is 0 Å². The number of methoxy groups -OCH3 is 1. The van der Waals surface area contributed by atoms with E-state index in [2.05, 4.69) is 52.3 Å². The van der Waals surface area contributed by atoms with E-state index in [-0.39, 0.29) is 11.6 Å². The molecule has 0 radical (unpaired) electrons. The van der Waals surface area contributed by atoms with E-state index in [1.807, 2.05) is 12.1 Å². The SMILES string of the molecule is COc1ccc(C(C(=O)Nc2ccc([Si](C)(C)C)cc2)N(C)C(=O)c2n[nH]c3ncccc23)cc1. The topological polar surface area (TPSA) is 100 Å². The quantitative estimate of drug-likeness (QED) is 0.384. The normalized spacial score (nSPS) is 12.3. The molecule has 2 N–H and O–H groups in total. The number of carbonyl (C=O) groups excluding carboxylic acids is 2. The summed E-state index contributed by atoms with van der Waals surface area (Å²) < 4.78 is 5.26. The van der Waals surface area contributed by atoms with Crippen molar-refractivity contribution in [2.24, 2.45) is 0 Å². The van der Waals surface area contributed by atoms with Gasteiger partial charge in [-0.25, -0.2) is 4.98 Å². The lowest BCUT2D eigenvalue weighted by molar-refractivity contribution is -0.120. The Labute approximate surface area is 205 Å². The van der Waals surface area contributed by atoms with Crippen molar-refractivity contribution >= 4 is 41.8 Å². The number of likely N-dealkylation sites (N-methyl/N-ethyl adjacent to an activating group) is 1. The van der Waals surface area contributed by atoms with Gasteiger partial charge in [0.25, 0.3) is 11.8 Å². The van der Waals surface area contributed by atoms with Gasteiger partial charge in [0, 0.05) is 18.9 Å². The lowest BCUT2D eigenvalue weighted by Gasteiger charge is -2.27. The molecule has 2 aromatic heterocycles. The van der Waals surface area contributed by atoms with Gasteiger partial charge in [-0.3, -0.25) is 14.7 Å². The highest BCUT2D eigenvalue weighted by atomic mass is 28.3. The summed E-state index contributed by atoms with van der Waals surface area (Å²) in [6, 6.07) is 17.7. The molecule has 4 aromatic rings. The first-order valence-corrected chi connectivity index (χ1v) is 14.8. The van der Waals surface area contributed by atoms with Crippen molar-refractivity contribution in [3.05, 3.63) is 78.1 Å². The summed E-state index contributed by atoms with van der Waals surface area (Å²) in [5, 5.41) is 11.8. The van der Waals surface area contributed by atoms with E-state index in [0.29, 0.717) is 28.0 Å². The predicted molar refractivity (Wildman–Crippen MR) is 140 cm³/mol. The van der Waals surface area contributed by atoms with E-state index in [9.17, 15) is 9.59 Å². The summed E-state index contributed by atoms with van der Waals surface area (Å²) in [6.45, 7) is 6.82.